The van der Waals surface area contributed by atoms with Gasteiger partial charge in [0.05, 0.1) is 11.7 Å². The van der Waals surface area contributed by atoms with Gasteiger partial charge < -0.3 is 4.74 Å². The molecule has 0 aromatic rings. The molecule has 2 fully saturated rings. The summed E-state index contributed by atoms with van der Waals surface area (Å²) in [4.78, 5) is 0. The lowest BCUT2D eigenvalue weighted by atomic mass is 9.75. The third-order valence-electron chi connectivity index (χ3n) is 4.39. The van der Waals surface area contributed by atoms with E-state index in [0.29, 0.717) is 29.8 Å². The second kappa shape index (κ2) is 3.87. The lowest BCUT2D eigenvalue weighted by molar-refractivity contribution is -0.0769. The van der Waals surface area contributed by atoms with E-state index in [1.807, 2.05) is 0 Å². The SMILES string of the molecule is C=C1CC2(CC(C)C)OC(C)C1C2C(C)C. The van der Waals surface area contributed by atoms with E-state index >= 15 is 0 Å². The molecule has 1 nitrogen and oxygen atoms in total. The zero-order valence-electron chi connectivity index (χ0n) is 11.4. The topological polar surface area (TPSA) is 9.23 Å². The van der Waals surface area contributed by atoms with Crippen molar-refractivity contribution in [2.45, 2.75) is 59.2 Å². The zero-order chi connectivity index (χ0) is 12.1. The molecule has 2 bridgehead atoms. The monoisotopic (exact) mass is 222 g/mol. The Morgan fingerprint density at radius 1 is 1.38 bits per heavy atom. The van der Waals surface area contributed by atoms with Crippen LogP contribution in [0.2, 0.25) is 0 Å². The van der Waals surface area contributed by atoms with Gasteiger partial charge in [-0.3, -0.25) is 0 Å². The van der Waals surface area contributed by atoms with Gasteiger partial charge in [0.1, 0.15) is 0 Å². The van der Waals surface area contributed by atoms with Crippen molar-refractivity contribution in [1.82, 2.24) is 0 Å². The Labute approximate surface area is 100 Å². The molecule has 4 atom stereocenters. The Hall–Kier alpha value is -0.300. The normalized spacial score (nSPS) is 42.7. The van der Waals surface area contributed by atoms with Crippen LogP contribution < -0.4 is 0 Å². The number of rotatable bonds is 3. The summed E-state index contributed by atoms with van der Waals surface area (Å²) in [6, 6.07) is 0. The summed E-state index contributed by atoms with van der Waals surface area (Å²) in [7, 11) is 0. The Morgan fingerprint density at radius 2 is 2.00 bits per heavy atom. The van der Waals surface area contributed by atoms with Crippen molar-refractivity contribution in [2.75, 3.05) is 0 Å². The smallest absolute Gasteiger partial charge is 0.0762 e. The van der Waals surface area contributed by atoms with Gasteiger partial charge in [-0.25, -0.2) is 0 Å². The van der Waals surface area contributed by atoms with Gasteiger partial charge in [0.2, 0.25) is 0 Å². The second-order valence-electron chi connectivity index (χ2n) is 6.62. The first kappa shape index (κ1) is 12.2. The molecule has 4 unspecified atom stereocenters. The van der Waals surface area contributed by atoms with E-state index in [0.717, 1.165) is 6.42 Å². The van der Waals surface area contributed by atoms with Crippen LogP contribution in [-0.4, -0.2) is 11.7 Å². The molecule has 1 aliphatic heterocycles. The summed E-state index contributed by atoms with van der Waals surface area (Å²) >= 11 is 0. The minimum Gasteiger partial charge on any atom is -0.371 e. The van der Waals surface area contributed by atoms with Gasteiger partial charge in [-0.15, -0.1) is 0 Å². The summed E-state index contributed by atoms with van der Waals surface area (Å²) in [5.74, 6) is 2.71. The highest BCUT2D eigenvalue weighted by molar-refractivity contribution is 5.25. The standard InChI is InChI=1S/C15H26O/c1-9(2)7-15-8-11(5)13(12(6)16-15)14(15)10(3)4/h9-10,12-14H,5,7-8H2,1-4,6H3. The lowest BCUT2D eigenvalue weighted by Crippen LogP contribution is -2.37. The van der Waals surface area contributed by atoms with E-state index < -0.39 is 0 Å². The average Bonchev–Trinajstić information content (AvgIpc) is 2.49. The maximum absolute atomic E-state index is 6.34. The van der Waals surface area contributed by atoms with Gasteiger partial charge in [0, 0.05) is 5.92 Å². The second-order valence-corrected chi connectivity index (χ2v) is 6.62. The lowest BCUT2D eigenvalue weighted by Gasteiger charge is -2.35. The molecule has 0 aromatic carbocycles. The maximum Gasteiger partial charge on any atom is 0.0762 e. The first-order chi connectivity index (χ1) is 7.37. The summed E-state index contributed by atoms with van der Waals surface area (Å²) in [5.41, 5.74) is 1.56. The maximum atomic E-state index is 6.34. The van der Waals surface area contributed by atoms with Crippen molar-refractivity contribution in [2.24, 2.45) is 23.7 Å². The van der Waals surface area contributed by atoms with Gasteiger partial charge in [-0.1, -0.05) is 39.8 Å². The van der Waals surface area contributed by atoms with Crippen molar-refractivity contribution in [3.05, 3.63) is 12.2 Å². The van der Waals surface area contributed by atoms with Gasteiger partial charge in [-0.2, -0.15) is 0 Å². The van der Waals surface area contributed by atoms with E-state index in [1.54, 1.807) is 0 Å². The summed E-state index contributed by atoms with van der Waals surface area (Å²) in [6.07, 6.45) is 2.67. The molecule has 16 heavy (non-hydrogen) atoms. The minimum atomic E-state index is 0.115. The van der Waals surface area contributed by atoms with Gasteiger partial charge in [0.25, 0.3) is 0 Å². The molecule has 92 valence electrons. The van der Waals surface area contributed by atoms with Crippen LogP contribution in [0.5, 0.6) is 0 Å². The molecule has 0 aromatic heterocycles. The van der Waals surface area contributed by atoms with Crippen molar-refractivity contribution in [3.63, 3.8) is 0 Å². The van der Waals surface area contributed by atoms with Gasteiger partial charge >= 0.3 is 0 Å². The van der Waals surface area contributed by atoms with Crippen molar-refractivity contribution in [3.8, 4) is 0 Å². The minimum absolute atomic E-state index is 0.115. The predicted octanol–water partition coefficient (Wildman–Crippen LogP) is 4.04. The fourth-order valence-corrected chi connectivity index (χ4v) is 4.36. The van der Waals surface area contributed by atoms with E-state index in [9.17, 15) is 0 Å². The van der Waals surface area contributed by atoms with Crippen molar-refractivity contribution in [1.29, 1.82) is 0 Å². The highest BCUT2D eigenvalue weighted by atomic mass is 16.5. The fourth-order valence-electron chi connectivity index (χ4n) is 4.36. The molecule has 0 N–H and O–H groups in total. The highest BCUT2D eigenvalue weighted by Crippen LogP contribution is 2.59. The Morgan fingerprint density at radius 3 is 2.44 bits per heavy atom. The van der Waals surface area contributed by atoms with Crippen LogP contribution in [0.4, 0.5) is 0 Å². The zero-order valence-corrected chi connectivity index (χ0v) is 11.4. The Bertz CT molecular complexity index is 292. The number of hydrogen-bond donors (Lipinski definition) is 0. The van der Waals surface area contributed by atoms with E-state index in [-0.39, 0.29) is 5.60 Å². The van der Waals surface area contributed by atoms with E-state index in [4.69, 9.17) is 4.74 Å². The molecule has 1 heterocycles. The highest BCUT2D eigenvalue weighted by Gasteiger charge is 2.60. The third kappa shape index (κ3) is 1.64. The van der Waals surface area contributed by atoms with Crippen LogP contribution in [0.15, 0.2) is 12.2 Å². The molecular weight excluding hydrogens is 196 g/mol. The van der Waals surface area contributed by atoms with Gasteiger partial charge in [0.15, 0.2) is 0 Å². The molecule has 2 rings (SSSR count). The van der Waals surface area contributed by atoms with Crippen LogP contribution in [0.1, 0.15) is 47.5 Å². The van der Waals surface area contributed by atoms with E-state index in [1.165, 1.54) is 12.0 Å². The quantitative estimate of drug-likeness (QED) is 0.655. The Kier molecular flexibility index (Phi) is 2.94. The molecule has 1 heteroatoms. The van der Waals surface area contributed by atoms with Crippen LogP contribution in [0, 0.1) is 23.7 Å². The molecule has 1 aliphatic carbocycles. The average molecular weight is 222 g/mol. The largest absolute Gasteiger partial charge is 0.371 e. The molecule has 1 saturated heterocycles. The van der Waals surface area contributed by atoms with Crippen LogP contribution in [-0.2, 0) is 4.74 Å². The molecule has 1 saturated carbocycles. The van der Waals surface area contributed by atoms with E-state index in [2.05, 4.69) is 41.2 Å². The van der Waals surface area contributed by atoms with Crippen LogP contribution in [0.3, 0.4) is 0 Å². The van der Waals surface area contributed by atoms with Crippen molar-refractivity contribution >= 4 is 0 Å². The predicted molar refractivity (Wildman–Crippen MR) is 68.3 cm³/mol. The molecule has 0 amide bonds. The van der Waals surface area contributed by atoms with Crippen molar-refractivity contribution < 1.29 is 4.74 Å². The number of fused-ring (bicyclic) bond motifs is 2. The summed E-state index contributed by atoms with van der Waals surface area (Å²) < 4.78 is 6.34. The molecule has 0 radical (unpaired) electrons. The first-order valence-corrected chi connectivity index (χ1v) is 6.73. The molecular formula is C15H26O. The molecule has 0 spiro atoms. The van der Waals surface area contributed by atoms with Gasteiger partial charge in [-0.05, 0) is 37.5 Å². The van der Waals surface area contributed by atoms with Crippen LogP contribution >= 0.6 is 0 Å². The number of hydrogen-bond acceptors (Lipinski definition) is 1. The fraction of sp³-hybridized carbons (Fsp3) is 0.867. The third-order valence-corrected chi connectivity index (χ3v) is 4.39. The van der Waals surface area contributed by atoms with Crippen LogP contribution in [0.25, 0.3) is 0 Å². The molecule has 2 aliphatic rings. The summed E-state index contributed by atoms with van der Waals surface area (Å²) in [5, 5.41) is 0. The Balaban J connectivity index is 2.31. The summed E-state index contributed by atoms with van der Waals surface area (Å²) in [6.45, 7) is 15.8. The number of ether oxygens (including phenoxy) is 1. The first-order valence-electron chi connectivity index (χ1n) is 6.73.